The number of hydrogen-bond donors (Lipinski definition) is 0. The molecule has 1 fully saturated rings. The van der Waals surface area contributed by atoms with Crippen molar-refractivity contribution in [1.29, 1.82) is 0 Å². The first-order valence-electron chi connectivity index (χ1n) is 4.90. The number of rotatable bonds is 1. The molecule has 0 unspecified atom stereocenters. The summed E-state index contributed by atoms with van der Waals surface area (Å²) in [6.45, 7) is 0. The SMILES string of the molecule is O=C1CCCC(=O)N1c1cc(Cl)cc(Cl)c1. The summed E-state index contributed by atoms with van der Waals surface area (Å²) in [4.78, 5) is 24.4. The van der Waals surface area contributed by atoms with Crippen LogP contribution in [0.2, 0.25) is 10.0 Å². The van der Waals surface area contributed by atoms with Gasteiger partial charge in [-0.05, 0) is 24.6 Å². The van der Waals surface area contributed by atoms with Crippen molar-refractivity contribution in [1.82, 2.24) is 0 Å². The topological polar surface area (TPSA) is 37.4 Å². The van der Waals surface area contributed by atoms with Gasteiger partial charge in [0.15, 0.2) is 0 Å². The van der Waals surface area contributed by atoms with Crippen LogP contribution in [0.3, 0.4) is 0 Å². The van der Waals surface area contributed by atoms with Crippen LogP contribution in [0.25, 0.3) is 0 Å². The van der Waals surface area contributed by atoms with Crippen molar-refractivity contribution in [3.63, 3.8) is 0 Å². The van der Waals surface area contributed by atoms with Gasteiger partial charge >= 0.3 is 0 Å². The predicted molar refractivity (Wildman–Crippen MR) is 62.8 cm³/mol. The summed E-state index contributed by atoms with van der Waals surface area (Å²) in [7, 11) is 0. The molecule has 0 N–H and O–H groups in total. The first-order chi connectivity index (χ1) is 7.58. The quantitative estimate of drug-likeness (QED) is 0.726. The molecule has 1 aromatic rings. The average Bonchev–Trinajstić information content (AvgIpc) is 2.15. The molecule has 0 spiro atoms. The minimum atomic E-state index is -0.199. The molecule has 5 heteroatoms. The standard InChI is InChI=1S/C11H9Cl2NO2/c12-7-4-8(13)6-9(5-7)14-10(15)2-1-3-11(14)16/h4-6H,1-3H2. The van der Waals surface area contributed by atoms with Crippen molar-refractivity contribution in [3.05, 3.63) is 28.2 Å². The molecule has 16 heavy (non-hydrogen) atoms. The van der Waals surface area contributed by atoms with Crippen molar-refractivity contribution in [2.24, 2.45) is 0 Å². The van der Waals surface area contributed by atoms with Crippen LogP contribution in [-0.2, 0) is 9.59 Å². The minimum Gasteiger partial charge on any atom is -0.274 e. The number of amides is 2. The molecule has 0 bridgehead atoms. The highest BCUT2D eigenvalue weighted by Crippen LogP contribution is 2.28. The normalized spacial score (nSPS) is 16.8. The van der Waals surface area contributed by atoms with Crippen LogP contribution >= 0.6 is 23.2 Å². The third-order valence-corrected chi connectivity index (χ3v) is 2.82. The Labute approximate surface area is 103 Å². The number of benzene rings is 1. The van der Waals surface area contributed by atoms with Crippen molar-refractivity contribution >= 4 is 40.7 Å². The highest BCUT2D eigenvalue weighted by Gasteiger charge is 2.27. The van der Waals surface area contributed by atoms with Gasteiger partial charge in [0, 0.05) is 22.9 Å². The molecule has 1 saturated heterocycles. The number of carbonyl (C=O) groups is 2. The molecule has 84 valence electrons. The summed E-state index contributed by atoms with van der Waals surface area (Å²) in [5.41, 5.74) is 0.451. The Hall–Kier alpha value is -1.06. The van der Waals surface area contributed by atoms with Crippen LogP contribution in [0, 0.1) is 0 Å². The van der Waals surface area contributed by atoms with Crippen LogP contribution < -0.4 is 4.90 Å². The molecule has 0 atom stereocenters. The van der Waals surface area contributed by atoms with Gasteiger partial charge in [-0.2, -0.15) is 0 Å². The van der Waals surface area contributed by atoms with E-state index in [9.17, 15) is 9.59 Å². The van der Waals surface area contributed by atoms with Gasteiger partial charge < -0.3 is 0 Å². The molecular formula is C11H9Cl2NO2. The van der Waals surface area contributed by atoms with Crippen molar-refractivity contribution < 1.29 is 9.59 Å². The average molecular weight is 258 g/mol. The van der Waals surface area contributed by atoms with E-state index in [-0.39, 0.29) is 11.8 Å². The maximum absolute atomic E-state index is 11.6. The number of carbonyl (C=O) groups excluding carboxylic acids is 2. The lowest BCUT2D eigenvalue weighted by Crippen LogP contribution is -2.40. The second-order valence-corrected chi connectivity index (χ2v) is 4.48. The van der Waals surface area contributed by atoms with E-state index in [1.54, 1.807) is 18.2 Å². The lowest BCUT2D eigenvalue weighted by atomic mass is 10.1. The van der Waals surface area contributed by atoms with Gasteiger partial charge in [-0.3, -0.25) is 14.5 Å². The lowest BCUT2D eigenvalue weighted by Gasteiger charge is -2.25. The Kier molecular flexibility index (Phi) is 3.17. The Bertz CT molecular complexity index is 423. The smallest absolute Gasteiger partial charge is 0.233 e. The molecule has 2 rings (SSSR count). The van der Waals surface area contributed by atoms with Crippen molar-refractivity contribution in [2.75, 3.05) is 4.90 Å². The number of imide groups is 1. The molecule has 0 radical (unpaired) electrons. The fourth-order valence-corrected chi connectivity index (χ4v) is 2.22. The maximum atomic E-state index is 11.6. The highest BCUT2D eigenvalue weighted by molar-refractivity contribution is 6.35. The predicted octanol–water partition coefficient (Wildman–Crippen LogP) is 3.04. The monoisotopic (exact) mass is 257 g/mol. The lowest BCUT2D eigenvalue weighted by molar-refractivity contribution is -0.129. The zero-order chi connectivity index (χ0) is 11.7. The Morgan fingerprint density at radius 1 is 0.938 bits per heavy atom. The zero-order valence-electron chi connectivity index (χ0n) is 8.37. The van der Waals surface area contributed by atoms with Gasteiger partial charge in [0.2, 0.25) is 11.8 Å². The minimum absolute atomic E-state index is 0.199. The first-order valence-corrected chi connectivity index (χ1v) is 5.65. The molecule has 1 aliphatic heterocycles. The van der Waals surface area contributed by atoms with Gasteiger partial charge in [-0.1, -0.05) is 23.2 Å². The summed E-state index contributed by atoms with van der Waals surface area (Å²) in [6.07, 6.45) is 1.38. The summed E-state index contributed by atoms with van der Waals surface area (Å²) in [5.74, 6) is -0.399. The molecule has 1 aliphatic rings. The Morgan fingerprint density at radius 3 is 1.94 bits per heavy atom. The van der Waals surface area contributed by atoms with E-state index in [1.807, 2.05) is 0 Å². The Morgan fingerprint density at radius 2 is 1.44 bits per heavy atom. The second kappa shape index (κ2) is 4.44. The van der Waals surface area contributed by atoms with E-state index in [0.717, 1.165) is 4.90 Å². The Balaban J connectivity index is 2.41. The van der Waals surface area contributed by atoms with E-state index < -0.39 is 0 Å². The van der Waals surface area contributed by atoms with Crippen LogP contribution in [0.4, 0.5) is 5.69 Å². The van der Waals surface area contributed by atoms with Gasteiger partial charge in [0.1, 0.15) is 0 Å². The molecule has 2 amide bonds. The number of piperidine rings is 1. The van der Waals surface area contributed by atoms with E-state index in [0.29, 0.717) is 35.0 Å². The summed E-state index contributed by atoms with van der Waals surface area (Å²) < 4.78 is 0. The second-order valence-electron chi connectivity index (χ2n) is 3.60. The fraction of sp³-hybridized carbons (Fsp3) is 0.273. The number of halogens is 2. The summed E-state index contributed by atoms with van der Waals surface area (Å²) in [6, 6.07) is 4.69. The van der Waals surface area contributed by atoms with Crippen molar-refractivity contribution in [2.45, 2.75) is 19.3 Å². The molecule has 0 aromatic heterocycles. The highest BCUT2D eigenvalue weighted by atomic mass is 35.5. The van der Waals surface area contributed by atoms with Crippen LogP contribution in [0.5, 0.6) is 0 Å². The van der Waals surface area contributed by atoms with E-state index in [2.05, 4.69) is 0 Å². The maximum Gasteiger partial charge on any atom is 0.233 e. The molecule has 1 heterocycles. The molecule has 1 aromatic carbocycles. The molecule has 3 nitrogen and oxygen atoms in total. The van der Waals surface area contributed by atoms with Crippen LogP contribution in [0.15, 0.2) is 18.2 Å². The summed E-state index contributed by atoms with van der Waals surface area (Å²) in [5, 5.41) is 0.822. The first kappa shape index (κ1) is 11.4. The van der Waals surface area contributed by atoms with E-state index in [4.69, 9.17) is 23.2 Å². The van der Waals surface area contributed by atoms with Crippen LogP contribution in [0.1, 0.15) is 19.3 Å². The van der Waals surface area contributed by atoms with Gasteiger partial charge in [0.05, 0.1) is 5.69 Å². The third-order valence-electron chi connectivity index (χ3n) is 2.39. The van der Waals surface area contributed by atoms with Gasteiger partial charge in [0.25, 0.3) is 0 Å². The number of nitrogens with zero attached hydrogens (tertiary/aromatic N) is 1. The number of hydrogen-bond acceptors (Lipinski definition) is 2. The van der Waals surface area contributed by atoms with E-state index >= 15 is 0 Å². The third kappa shape index (κ3) is 2.20. The number of anilines is 1. The van der Waals surface area contributed by atoms with Gasteiger partial charge in [-0.15, -0.1) is 0 Å². The fourth-order valence-electron chi connectivity index (χ4n) is 1.71. The van der Waals surface area contributed by atoms with E-state index in [1.165, 1.54) is 0 Å². The van der Waals surface area contributed by atoms with Crippen molar-refractivity contribution in [3.8, 4) is 0 Å². The molecule has 0 saturated carbocycles. The van der Waals surface area contributed by atoms with Crippen LogP contribution in [-0.4, -0.2) is 11.8 Å². The molecular weight excluding hydrogens is 249 g/mol. The van der Waals surface area contributed by atoms with Gasteiger partial charge in [-0.25, -0.2) is 0 Å². The zero-order valence-corrected chi connectivity index (χ0v) is 9.88. The molecule has 0 aliphatic carbocycles. The largest absolute Gasteiger partial charge is 0.274 e. The summed E-state index contributed by atoms with van der Waals surface area (Å²) >= 11 is 11.7.